The lowest BCUT2D eigenvalue weighted by Gasteiger charge is -2.40. The van der Waals surface area contributed by atoms with Crippen LogP contribution in [0.4, 0.5) is 4.79 Å². The minimum Gasteiger partial charge on any atom is -0.444 e. The highest BCUT2D eigenvalue weighted by Gasteiger charge is 2.44. The van der Waals surface area contributed by atoms with Crippen molar-refractivity contribution in [3.8, 4) is 0 Å². The molecule has 2 N–H and O–H groups in total. The normalized spacial score (nSPS) is 29.6. The van der Waals surface area contributed by atoms with Gasteiger partial charge in [-0.15, -0.1) is 0 Å². The van der Waals surface area contributed by atoms with E-state index < -0.39 is 11.2 Å². The summed E-state index contributed by atoms with van der Waals surface area (Å²) in [6.45, 7) is 9.93. The molecule has 2 heterocycles. The molecule has 0 aromatic heterocycles. The number of rotatable bonds is 3. The average molecular weight is 298 g/mol. The Hall–Kier alpha value is -0.810. The lowest BCUT2D eigenvalue weighted by Crippen LogP contribution is -2.54. The number of aliphatic hydroxyl groups is 1. The first kappa shape index (κ1) is 16.6. The van der Waals surface area contributed by atoms with Gasteiger partial charge < -0.3 is 20.1 Å². The van der Waals surface area contributed by atoms with Crippen LogP contribution in [0.15, 0.2) is 0 Å². The number of nitrogens with one attached hydrogen (secondary N) is 1. The lowest BCUT2D eigenvalue weighted by atomic mass is 9.97. The Morgan fingerprint density at radius 1 is 1.19 bits per heavy atom. The number of hydrogen-bond donors (Lipinski definition) is 2. The number of carbonyl (C=O) groups excluding carboxylic acids is 1. The van der Waals surface area contributed by atoms with Crippen molar-refractivity contribution in [2.24, 2.45) is 0 Å². The van der Waals surface area contributed by atoms with Gasteiger partial charge in [-0.2, -0.15) is 0 Å². The zero-order valence-electron chi connectivity index (χ0n) is 14.0. The number of amides is 1. The van der Waals surface area contributed by atoms with E-state index in [1.54, 1.807) is 0 Å². The maximum absolute atomic E-state index is 12.3. The summed E-state index contributed by atoms with van der Waals surface area (Å²) in [6.07, 6.45) is 3.85. The highest BCUT2D eigenvalue weighted by molar-refractivity contribution is 5.69. The summed E-state index contributed by atoms with van der Waals surface area (Å²) in [4.78, 5) is 14.3. The van der Waals surface area contributed by atoms with E-state index in [9.17, 15) is 9.90 Å². The van der Waals surface area contributed by atoms with Gasteiger partial charge in [0.15, 0.2) is 0 Å². The first-order valence-corrected chi connectivity index (χ1v) is 8.02. The fourth-order valence-corrected chi connectivity index (χ4v) is 3.35. The second kappa shape index (κ2) is 5.76. The molecular formula is C16H30N2O3. The zero-order chi connectivity index (χ0) is 15.8. The van der Waals surface area contributed by atoms with Crippen molar-refractivity contribution in [2.75, 3.05) is 6.54 Å². The summed E-state index contributed by atoms with van der Waals surface area (Å²) >= 11 is 0. The summed E-state index contributed by atoms with van der Waals surface area (Å²) in [5.41, 5.74) is -1.13. The minimum atomic E-state index is -0.693. The van der Waals surface area contributed by atoms with Crippen LogP contribution in [0.3, 0.4) is 0 Å². The smallest absolute Gasteiger partial charge is 0.410 e. The van der Waals surface area contributed by atoms with E-state index in [1.807, 2.05) is 39.5 Å². The van der Waals surface area contributed by atoms with Gasteiger partial charge in [-0.05, 0) is 60.3 Å². The zero-order valence-corrected chi connectivity index (χ0v) is 14.0. The molecule has 5 heteroatoms. The third kappa shape index (κ3) is 4.58. The molecule has 2 saturated heterocycles. The monoisotopic (exact) mass is 298 g/mol. The summed E-state index contributed by atoms with van der Waals surface area (Å²) in [5.74, 6) is 0. The molecule has 2 aliphatic heterocycles. The first-order chi connectivity index (χ1) is 9.55. The van der Waals surface area contributed by atoms with Crippen LogP contribution < -0.4 is 5.32 Å². The fraction of sp³-hybridized carbons (Fsp3) is 0.938. The largest absolute Gasteiger partial charge is 0.444 e. The quantitative estimate of drug-likeness (QED) is 0.839. The van der Waals surface area contributed by atoms with Crippen LogP contribution in [-0.4, -0.2) is 52.0 Å². The predicted octanol–water partition coefficient (Wildman–Crippen LogP) is 2.28. The Balaban J connectivity index is 1.92. The van der Waals surface area contributed by atoms with Crippen LogP contribution in [0.25, 0.3) is 0 Å². The standard InChI is InChI=1S/C16H30N2O3/c1-15(2,3)21-14(19)18-12-6-7-13(18)9-11(8-12)17-10-16(4,5)20/h11-13,17,20H,6-10H2,1-5H3. The second-order valence-corrected chi connectivity index (χ2v) is 8.13. The van der Waals surface area contributed by atoms with Crippen molar-refractivity contribution in [2.45, 2.75) is 89.6 Å². The number of fused-ring (bicyclic) bond motifs is 2. The van der Waals surface area contributed by atoms with Crippen molar-refractivity contribution in [1.29, 1.82) is 0 Å². The minimum absolute atomic E-state index is 0.170. The van der Waals surface area contributed by atoms with Crippen molar-refractivity contribution >= 4 is 6.09 Å². The Bertz CT molecular complexity index is 370. The van der Waals surface area contributed by atoms with Gasteiger partial charge in [-0.25, -0.2) is 4.79 Å². The molecule has 2 unspecified atom stereocenters. The molecule has 122 valence electrons. The van der Waals surface area contributed by atoms with Gasteiger partial charge >= 0.3 is 6.09 Å². The predicted molar refractivity (Wildman–Crippen MR) is 82.2 cm³/mol. The summed E-state index contributed by atoms with van der Waals surface area (Å²) < 4.78 is 5.53. The second-order valence-electron chi connectivity index (χ2n) is 8.13. The molecule has 0 radical (unpaired) electrons. The number of hydrogen-bond acceptors (Lipinski definition) is 4. The summed E-state index contributed by atoms with van der Waals surface area (Å²) in [5, 5.41) is 13.3. The van der Waals surface area contributed by atoms with Crippen molar-refractivity contribution in [1.82, 2.24) is 10.2 Å². The maximum Gasteiger partial charge on any atom is 0.410 e. The molecular weight excluding hydrogens is 268 g/mol. The lowest BCUT2D eigenvalue weighted by molar-refractivity contribution is 0.00290. The Morgan fingerprint density at radius 3 is 2.14 bits per heavy atom. The van der Waals surface area contributed by atoms with Gasteiger partial charge in [0.05, 0.1) is 5.60 Å². The van der Waals surface area contributed by atoms with Crippen LogP contribution in [0.5, 0.6) is 0 Å². The highest BCUT2D eigenvalue weighted by atomic mass is 16.6. The molecule has 0 aliphatic carbocycles. The van der Waals surface area contributed by atoms with Gasteiger partial charge in [-0.1, -0.05) is 0 Å². The molecule has 0 saturated carbocycles. The number of piperidine rings is 1. The highest BCUT2D eigenvalue weighted by Crippen LogP contribution is 2.36. The van der Waals surface area contributed by atoms with Gasteiger partial charge in [0.2, 0.25) is 0 Å². The molecule has 1 amide bonds. The molecule has 0 aromatic carbocycles. The fourth-order valence-electron chi connectivity index (χ4n) is 3.35. The maximum atomic E-state index is 12.3. The molecule has 0 spiro atoms. The number of nitrogens with zero attached hydrogens (tertiary/aromatic N) is 1. The van der Waals surface area contributed by atoms with E-state index in [2.05, 4.69) is 5.32 Å². The van der Waals surface area contributed by atoms with Crippen LogP contribution in [0.1, 0.15) is 60.3 Å². The molecule has 5 nitrogen and oxygen atoms in total. The summed E-state index contributed by atoms with van der Waals surface area (Å²) in [6, 6.07) is 0.934. The van der Waals surface area contributed by atoms with Crippen LogP contribution in [0.2, 0.25) is 0 Å². The first-order valence-electron chi connectivity index (χ1n) is 8.02. The van der Waals surface area contributed by atoms with Gasteiger partial charge in [0.25, 0.3) is 0 Å². The van der Waals surface area contributed by atoms with Gasteiger partial charge in [0, 0.05) is 24.7 Å². The number of ether oxygens (including phenoxy) is 1. The molecule has 2 atom stereocenters. The van der Waals surface area contributed by atoms with E-state index in [0.717, 1.165) is 25.7 Å². The topological polar surface area (TPSA) is 61.8 Å². The molecule has 2 rings (SSSR count). The molecule has 2 fully saturated rings. The van der Waals surface area contributed by atoms with E-state index in [4.69, 9.17) is 4.74 Å². The molecule has 2 aliphatic rings. The summed E-state index contributed by atoms with van der Waals surface area (Å²) in [7, 11) is 0. The SMILES string of the molecule is CC(C)(O)CNC1CC2CCC(C1)N2C(=O)OC(C)(C)C. The Labute approximate surface area is 128 Å². The van der Waals surface area contributed by atoms with Gasteiger partial charge in [-0.3, -0.25) is 0 Å². The molecule has 2 bridgehead atoms. The van der Waals surface area contributed by atoms with E-state index >= 15 is 0 Å². The van der Waals surface area contributed by atoms with Crippen LogP contribution >= 0.6 is 0 Å². The molecule has 0 aromatic rings. The Morgan fingerprint density at radius 2 is 1.71 bits per heavy atom. The third-order valence-electron chi connectivity index (χ3n) is 4.16. The van der Waals surface area contributed by atoms with E-state index in [1.165, 1.54) is 0 Å². The van der Waals surface area contributed by atoms with Gasteiger partial charge in [0.1, 0.15) is 5.60 Å². The van der Waals surface area contributed by atoms with Crippen molar-refractivity contribution in [3.05, 3.63) is 0 Å². The van der Waals surface area contributed by atoms with Crippen molar-refractivity contribution < 1.29 is 14.6 Å². The van der Waals surface area contributed by atoms with E-state index in [-0.39, 0.29) is 18.2 Å². The molecule has 21 heavy (non-hydrogen) atoms. The van der Waals surface area contributed by atoms with Crippen LogP contribution in [-0.2, 0) is 4.74 Å². The number of carbonyl (C=O) groups is 1. The Kier molecular flexibility index (Phi) is 4.54. The van der Waals surface area contributed by atoms with Crippen LogP contribution in [0, 0.1) is 0 Å². The average Bonchev–Trinajstić information content (AvgIpc) is 2.55. The third-order valence-corrected chi connectivity index (χ3v) is 4.16. The van der Waals surface area contributed by atoms with E-state index in [0.29, 0.717) is 12.6 Å². The van der Waals surface area contributed by atoms with Crippen molar-refractivity contribution in [3.63, 3.8) is 0 Å².